The zero-order valence-corrected chi connectivity index (χ0v) is 13.7. The summed E-state index contributed by atoms with van der Waals surface area (Å²) < 4.78 is 3.88. The first-order chi connectivity index (χ1) is 8.97. The van der Waals surface area contributed by atoms with E-state index in [0.29, 0.717) is 5.92 Å². The van der Waals surface area contributed by atoms with Crippen LogP contribution in [0, 0.1) is 6.92 Å². The monoisotopic (exact) mass is 297 g/mol. The largest absolute Gasteiger partial charge is 0.306 e. The van der Waals surface area contributed by atoms with Crippen LogP contribution in [0.25, 0.3) is 0 Å². The van der Waals surface area contributed by atoms with Crippen molar-refractivity contribution >= 4 is 12.4 Å². The van der Waals surface area contributed by atoms with Crippen molar-refractivity contribution in [1.29, 1.82) is 0 Å². The molecule has 112 valence electrons. The molecule has 1 N–H and O–H groups in total. The van der Waals surface area contributed by atoms with Crippen LogP contribution in [0.1, 0.15) is 42.5 Å². The molecule has 20 heavy (non-hydrogen) atoms. The van der Waals surface area contributed by atoms with E-state index in [2.05, 4.69) is 41.5 Å². The van der Waals surface area contributed by atoms with Crippen molar-refractivity contribution in [3.8, 4) is 0 Å². The molecule has 0 aliphatic carbocycles. The quantitative estimate of drug-likeness (QED) is 0.921. The lowest BCUT2D eigenvalue weighted by Crippen LogP contribution is -2.17. The minimum atomic E-state index is 0. The van der Waals surface area contributed by atoms with Gasteiger partial charge >= 0.3 is 0 Å². The Hall–Kier alpha value is -1.33. The van der Waals surface area contributed by atoms with Crippen molar-refractivity contribution in [3.05, 3.63) is 34.9 Å². The van der Waals surface area contributed by atoms with E-state index in [1.54, 1.807) is 0 Å². The fourth-order valence-corrected chi connectivity index (χ4v) is 2.13. The van der Waals surface area contributed by atoms with Crippen LogP contribution in [-0.2, 0) is 27.2 Å². The summed E-state index contributed by atoms with van der Waals surface area (Å²) in [7, 11) is 3.97. The number of rotatable bonds is 5. The van der Waals surface area contributed by atoms with Gasteiger partial charge in [0.1, 0.15) is 0 Å². The molecule has 0 atom stereocenters. The van der Waals surface area contributed by atoms with Crippen molar-refractivity contribution in [1.82, 2.24) is 24.9 Å². The lowest BCUT2D eigenvalue weighted by molar-refractivity contribution is 0.592. The molecule has 0 saturated carbocycles. The Morgan fingerprint density at radius 2 is 1.60 bits per heavy atom. The highest BCUT2D eigenvalue weighted by atomic mass is 35.5. The van der Waals surface area contributed by atoms with Crippen LogP contribution in [0.2, 0.25) is 0 Å². The zero-order valence-electron chi connectivity index (χ0n) is 12.8. The van der Waals surface area contributed by atoms with Gasteiger partial charge < -0.3 is 5.32 Å². The minimum absolute atomic E-state index is 0. The second-order valence-electron chi connectivity index (χ2n) is 5.34. The number of aromatic nitrogens is 4. The van der Waals surface area contributed by atoms with Crippen LogP contribution < -0.4 is 5.32 Å². The van der Waals surface area contributed by atoms with Crippen LogP contribution in [0.4, 0.5) is 0 Å². The molecule has 2 aromatic rings. The molecule has 5 nitrogen and oxygen atoms in total. The van der Waals surface area contributed by atoms with Crippen LogP contribution in [-0.4, -0.2) is 19.6 Å². The van der Waals surface area contributed by atoms with Gasteiger partial charge in [-0.3, -0.25) is 9.36 Å². The molecule has 2 heterocycles. The van der Waals surface area contributed by atoms with E-state index in [1.165, 1.54) is 11.4 Å². The standard InChI is InChI=1S/C14H23N5.ClH/c1-10(2)14-7-13(19(5)17-14)9-15-8-12-6-11(3)16-18(12)4;/h6-7,10,15H,8-9H2,1-5H3;1H. The number of hydrogen-bond donors (Lipinski definition) is 1. The van der Waals surface area contributed by atoms with Gasteiger partial charge in [-0.15, -0.1) is 12.4 Å². The van der Waals surface area contributed by atoms with Gasteiger partial charge in [-0.05, 0) is 25.0 Å². The normalized spacial score (nSPS) is 10.9. The third-order valence-electron chi connectivity index (χ3n) is 3.30. The number of hydrogen-bond acceptors (Lipinski definition) is 3. The van der Waals surface area contributed by atoms with Crippen molar-refractivity contribution < 1.29 is 0 Å². The molecule has 0 amide bonds. The van der Waals surface area contributed by atoms with Gasteiger partial charge in [-0.25, -0.2) is 0 Å². The summed E-state index contributed by atoms with van der Waals surface area (Å²) in [5, 5.41) is 12.3. The molecule has 0 aliphatic heterocycles. The predicted molar refractivity (Wildman–Crippen MR) is 83.0 cm³/mol. The Balaban J connectivity index is 0.00000200. The van der Waals surface area contributed by atoms with Gasteiger partial charge in [-0.2, -0.15) is 10.2 Å². The Morgan fingerprint density at radius 3 is 2.05 bits per heavy atom. The Labute approximate surface area is 126 Å². The molecule has 0 aliphatic rings. The molecule has 0 fully saturated rings. The van der Waals surface area contributed by atoms with Gasteiger partial charge in [0.15, 0.2) is 0 Å². The summed E-state index contributed by atoms with van der Waals surface area (Å²) in [4.78, 5) is 0. The topological polar surface area (TPSA) is 47.7 Å². The van der Waals surface area contributed by atoms with Gasteiger partial charge in [0.25, 0.3) is 0 Å². The fourth-order valence-electron chi connectivity index (χ4n) is 2.13. The average Bonchev–Trinajstić information content (AvgIpc) is 2.83. The molecule has 0 unspecified atom stereocenters. The molecule has 2 aromatic heterocycles. The van der Waals surface area contributed by atoms with Crippen LogP contribution in [0.3, 0.4) is 0 Å². The Kier molecular flexibility index (Phi) is 5.77. The second kappa shape index (κ2) is 6.90. The summed E-state index contributed by atoms with van der Waals surface area (Å²) in [5.74, 6) is 0.472. The van der Waals surface area contributed by atoms with Crippen LogP contribution in [0.15, 0.2) is 12.1 Å². The highest BCUT2D eigenvalue weighted by molar-refractivity contribution is 5.85. The van der Waals surface area contributed by atoms with E-state index >= 15 is 0 Å². The summed E-state index contributed by atoms with van der Waals surface area (Å²) in [6.45, 7) is 7.98. The van der Waals surface area contributed by atoms with Crippen molar-refractivity contribution in [2.45, 2.75) is 39.8 Å². The molecule has 0 spiro atoms. The van der Waals surface area contributed by atoms with E-state index in [0.717, 1.165) is 24.5 Å². The summed E-state index contributed by atoms with van der Waals surface area (Å²) in [6, 6.07) is 4.28. The maximum absolute atomic E-state index is 4.52. The molecule has 0 bridgehead atoms. The maximum atomic E-state index is 4.52. The first kappa shape index (κ1) is 16.7. The van der Waals surface area contributed by atoms with E-state index in [1.807, 2.05) is 30.4 Å². The van der Waals surface area contributed by atoms with Crippen molar-refractivity contribution in [2.75, 3.05) is 0 Å². The van der Waals surface area contributed by atoms with Gasteiger partial charge in [0.2, 0.25) is 0 Å². The number of aryl methyl sites for hydroxylation is 3. The first-order valence-corrected chi connectivity index (χ1v) is 6.70. The van der Waals surface area contributed by atoms with Crippen molar-refractivity contribution in [2.24, 2.45) is 14.1 Å². The van der Waals surface area contributed by atoms with E-state index in [9.17, 15) is 0 Å². The third kappa shape index (κ3) is 3.84. The molecular weight excluding hydrogens is 274 g/mol. The summed E-state index contributed by atoms with van der Waals surface area (Å²) >= 11 is 0. The lowest BCUT2D eigenvalue weighted by atomic mass is 10.1. The summed E-state index contributed by atoms with van der Waals surface area (Å²) in [6.07, 6.45) is 0. The third-order valence-corrected chi connectivity index (χ3v) is 3.30. The summed E-state index contributed by atoms with van der Waals surface area (Å²) in [5.41, 5.74) is 4.61. The van der Waals surface area contributed by atoms with E-state index in [-0.39, 0.29) is 12.4 Å². The van der Waals surface area contributed by atoms with Crippen LogP contribution >= 0.6 is 12.4 Å². The smallest absolute Gasteiger partial charge is 0.0653 e. The molecular formula is C14H24ClN5. The van der Waals surface area contributed by atoms with Gasteiger partial charge in [0, 0.05) is 27.2 Å². The average molecular weight is 298 g/mol. The molecule has 6 heteroatoms. The van der Waals surface area contributed by atoms with Crippen molar-refractivity contribution in [3.63, 3.8) is 0 Å². The van der Waals surface area contributed by atoms with Gasteiger partial charge in [-0.1, -0.05) is 13.8 Å². The molecule has 0 saturated heterocycles. The Bertz CT molecular complexity index is 556. The number of nitrogens with one attached hydrogen (secondary N) is 1. The predicted octanol–water partition coefficient (Wildman–Crippen LogP) is 2.30. The minimum Gasteiger partial charge on any atom is -0.306 e. The molecule has 2 rings (SSSR count). The van der Waals surface area contributed by atoms with E-state index < -0.39 is 0 Å². The zero-order chi connectivity index (χ0) is 14.0. The van der Waals surface area contributed by atoms with Gasteiger partial charge in [0.05, 0.1) is 22.8 Å². The second-order valence-corrected chi connectivity index (χ2v) is 5.34. The maximum Gasteiger partial charge on any atom is 0.0653 e. The highest BCUT2D eigenvalue weighted by Gasteiger charge is 2.08. The first-order valence-electron chi connectivity index (χ1n) is 6.70. The fraction of sp³-hybridized carbons (Fsp3) is 0.571. The Morgan fingerprint density at radius 1 is 1.05 bits per heavy atom. The number of nitrogens with zero attached hydrogens (tertiary/aromatic N) is 4. The van der Waals surface area contributed by atoms with E-state index in [4.69, 9.17) is 0 Å². The molecule has 0 aromatic carbocycles. The number of halogens is 1. The highest BCUT2D eigenvalue weighted by Crippen LogP contribution is 2.13. The molecule has 0 radical (unpaired) electrons. The lowest BCUT2D eigenvalue weighted by Gasteiger charge is -2.05. The van der Waals surface area contributed by atoms with Crippen LogP contribution in [0.5, 0.6) is 0 Å². The SMILES string of the molecule is Cc1cc(CNCc2cc(C(C)C)nn2C)n(C)n1.Cl.